The Morgan fingerprint density at radius 1 is 1.13 bits per heavy atom. The lowest BCUT2D eigenvalue weighted by atomic mass is 10.1. The van der Waals surface area contributed by atoms with Gasteiger partial charge in [0.1, 0.15) is 0 Å². The van der Waals surface area contributed by atoms with Crippen molar-refractivity contribution in [2.24, 2.45) is 4.99 Å². The average Bonchev–Trinajstić information content (AvgIpc) is 2.52. The number of aliphatic imine (C=N–C) groups is 1. The van der Waals surface area contributed by atoms with Crippen molar-refractivity contribution in [1.82, 2.24) is 20.4 Å². The molecule has 138 valence electrons. The number of likely N-dealkylation sites (N-methyl/N-ethyl adjacent to an activating group) is 1. The molecule has 1 aliphatic rings. The number of hydrogen-bond acceptors (Lipinski definition) is 3. The monoisotopic (exact) mass is 439 g/mol. The third-order valence-corrected chi connectivity index (χ3v) is 4.57. The lowest BCUT2D eigenvalue weighted by Gasteiger charge is -2.36. The summed E-state index contributed by atoms with van der Waals surface area (Å²) in [5.41, 5.74) is 0. The molecule has 0 radical (unpaired) electrons. The average molecular weight is 439 g/mol. The lowest BCUT2D eigenvalue weighted by molar-refractivity contribution is 0.120. The van der Waals surface area contributed by atoms with E-state index in [0.717, 1.165) is 12.5 Å². The summed E-state index contributed by atoms with van der Waals surface area (Å²) in [4.78, 5) is 9.31. The summed E-state index contributed by atoms with van der Waals surface area (Å²) in [6.07, 6.45) is 5.10. The summed E-state index contributed by atoms with van der Waals surface area (Å²) in [6, 6.07) is 1.03. The third kappa shape index (κ3) is 9.72. The molecule has 0 aromatic rings. The van der Waals surface area contributed by atoms with Gasteiger partial charge in [-0.1, -0.05) is 26.2 Å². The van der Waals surface area contributed by atoms with Crippen LogP contribution in [0.15, 0.2) is 4.99 Å². The van der Waals surface area contributed by atoms with E-state index in [1.54, 1.807) is 0 Å². The van der Waals surface area contributed by atoms with Gasteiger partial charge in [0.05, 0.1) is 0 Å². The molecule has 2 N–H and O–H groups in total. The molecule has 0 aromatic carbocycles. The minimum Gasteiger partial charge on any atom is -0.355 e. The zero-order valence-electron chi connectivity index (χ0n) is 15.8. The Kier molecular flexibility index (Phi) is 13.2. The molecular weight excluding hydrogens is 401 g/mol. The number of halogens is 1. The molecule has 0 aromatic heterocycles. The minimum atomic E-state index is 0. The molecule has 0 amide bonds. The molecule has 1 fully saturated rings. The maximum absolute atomic E-state index is 4.35. The van der Waals surface area contributed by atoms with Crippen LogP contribution in [0.3, 0.4) is 0 Å². The number of guanidine groups is 1. The first kappa shape index (κ1) is 22.9. The summed E-state index contributed by atoms with van der Waals surface area (Å²) >= 11 is 0. The fraction of sp³-hybridized carbons (Fsp3) is 0.941. The van der Waals surface area contributed by atoms with E-state index in [0.29, 0.717) is 12.1 Å². The van der Waals surface area contributed by atoms with Gasteiger partial charge in [0.2, 0.25) is 0 Å². The van der Waals surface area contributed by atoms with Crippen LogP contribution in [0, 0.1) is 0 Å². The predicted octanol–water partition coefficient (Wildman–Crippen LogP) is 2.37. The molecule has 1 aliphatic heterocycles. The molecule has 1 saturated heterocycles. The van der Waals surface area contributed by atoms with Crippen molar-refractivity contribution < 1.29 is 0 Å². The maximum atomic E-state index is 4.35. The molecule has 5 nitrogen and oxygen atoms in total. The molecule has 2 atom stereocenters. The highest BCUT2D eigenvalue weighted by atomic mass is 127. The molecule has 0 aliphatic carbocycles. The molecule has 2 unspecified atom stereocenters. The van der Waals surface area contributed by atoms with E-state index in [1.165, 1.54) is 51.9 Å². The van der Waals surface area contributed by atoms with Crippen molar-refractivity contribution in [2.75, 3.05) is 46.8 Å². The standard InChI is InChI=1S/C17H37N5.HI/c1-6-7-8-9-15(2)20-17(18-4)19-14-16(3)22-12-10-21(5)11-13-22;/h15-16H,6-14H2,1-5H3,(H2,18,19,20);1H. The summed E-state index contributed by atoms with van der Waals surface area (Å²) in [5.74, 6) is 0.935. The van der Waals surface area contributed by atoms with Gasteiger partial charge in [-0.25, -0.2) is 0 Å². The van der Waals surface area contributed by atoms with Crippen LogP contribution in [-0.4, -0.2) is 74.7 Å². The largest absolute Gasteiger partial charge is 0.355 e. The summed E-state index contributed by atoms with van der Waals surface area (Å²) < 4.78 is 0. The smallest absolute Gasteiger partial charge is 0.191 e. The zero-order valence-corrected chi connectivity index (χ0v) is 18.1. The fourth-order valence-corrected chi connectivity index (χ4v) is 2.84. The van der Waals surface area contributed by atoms with Crippen molar-refractivity contribution in [3.63, 3.8) is 0 Å². The molecule has 23 heavy (non-hydrogen) atoms. The second-order valence-electron chi connectivity index (χ2n) is 6.68. The number of unbranched alkanes of at least 4 members (excludes halogenated alkanes) is 2. The van der Waals surface area contributed by atoms with Crippen LogP contribution in [0.4, 0.5) is 0 Å². The van der Waals surface area contributed by atoms with Gasteiger partial charge >= 0.3 is 0 Å². The van der Waals surface area contributed by atoms with Gasteiger partial charge in [-0.3, -0.25) is 9.89 Å². The number of nitrogens with zero attached hydrogens (tertiary/aromatic N) is 3. The Bertz CT molecular complexity index is 316. The van der Waals surface area contributed by atoms with Crippen LogP contribution >= 0.6 is 24.0 Å². The first-order chi connectivity index (χ1) is 10.6. The Balaban J connectivity index is 0.00000484. The Morgan fingerprint density at radius 2 is 1.78 bits per heavy atom. The highest BCUT2D eigenvalue weighted by molar-refractivity contribution is 14.0. The highest BCUT2D eigenvalue weighted by Gasteiger charge is 2.19. The number of rotatable bonds is 8. The fourth-order valence-electron chi connectivity index (χ4n) is 2.84. The third-order valence-electron chi connectivity index (χ3n) is 4.57. The van der Waals surface area contributed by atoms with Crippen molar-refractivity contribution in [3.8, 4) is 0 Å². The summed E-state index contributed by atoms with van der Waals surface area (Å²) in [6.45, 7) is 12.4. The van der Waals surface area contributed by atoms with Gasteiger partial charge in [-0.05, 0) is 27.3 Å². The van der Waals surface area contributed by atoms with E-state index in [9.17, 15) is 0 Å². The highest BCUT2D eigenvalue weighted by Crippen LogP contribution is 2.05. The van der Waals surface area contributed by atoms with Gasteiger partial charge < -0.3 is 15.5 Å². The van der Waals surface area contributed by atoms with Crippen LogP contribution < -0.4 is 10.6 Å². The van der Waals surface area contributed by atoms with Crippen LogP contribution in [0.2, 0.25) is 0 Å². The molecule has 0 saturated carbocycles. The number of piperazine rings is 1. The number of nitrogens with one attached hydrogen (secondary N) is 2. The van der Waals surface area contributed by atoms with E-state index in [-0.39, 0.29) is 24.0 Å². The molecular formula is C17H38IN5. The number of hydrogen-bond donors (Lipinski definition) is 2. The van der Waals surface area contributed by atoms with Crippen molar-refractivity contribution in [1.29, 1.82) is 0 Å². The summed E-state index contributed by atoms with van der Waals surface area (Å²) in [7, 11) is 4.06. The summed E-state index contributed by atoms with van der Waals surface area (Å²) in [5, 5.41) is 6.99. The van der Waals surface area contributed by atoms with Gasteiger partial charge in [0.15, 0.2) is 5.96 Å². The lowest BCUT2D eigenvalue weighted by Crippen LogP contribution is -2.52. The van der Waals surface area contributed by atoms with E-state index in [2.05, 4.69) is 53.2 Å². The SMILES string of the molecule is CCCCCC(C)NC(=NC)NCC(C)N1CCN(C)CC1.I. The van der Waals surface area contributed by atoms with Crippen LogP contribution in [0.1, 0.15) is 46.5 Å². The predicted molar refractivity (Wildman–Crippen MR) is 112 cm³/mol. The molecule has 0 spiro atoms. The van der Waals surface area contributed by atoms with Gasteiger partial charge in [0.25, 0.3) is 0 Å². The normalized spacial score (nSPS) is 19.8. The van der Waals surface area contributed by atoms with Crippen LogP contribution in [0.5, 0.6) is 0 Å². The van der Waals surface area contributed by atoms with Crippen molar-refractivity contribution in [3.05, 3.63) is 0 Å². The quantitative estimate of drug-likeness (QED) is 0.264. The van der Waals surface area contributed by atoms with E-state index >= 15 is 0 Å². The molecule has 1 rings (SSSR count). The van der Waals surface area contributed by atoms with E-state index < -0.39 is 0 Å². The maximum Gasteiger partial charge on any atom is 0.191 e. The van der Waals surface area contributed by atoms with Crippen molar-refractivity contribution in [2.45, 2.75) is 58.5 Å². The first-order valence-corrected chi connectivity index (χ1v) is 8.96. The minimum absolute atomic E-state index is 0. The zero-order chi connectivity index (χ0) is 16.4. The van der Waals surface area contributed by atoms with Gasteiger partial charge in [-0.15, -0.1) is 24.0 Å². The van der Waals surface area contributed by atoms with Gasteiger partial charge in [0, 0.05) is 51.9 Å². The topological polar surface area (TPSA) is 42.9 Å². The van der Waals surface area contributed by atoms with Crippen molar-refractivity contribution >= 4 is 29.9 Å². The second kappa shape index (κ2) is 13.2. The molecule has 6 heteroatoms. The van der Waals surface area contributed by atoms with Crippen LogP contribution in [-0.2, 0) is 0 Å². The second-order valence-corrected chi connectivity index (χ2v) is 6.68. The van der Waals surface area contributed by atoms with Gasteiger partial charge in [-0.2, -0.15) is 0 Å². The molecule has 1 heterocycles. The Morgan fingerprint density at radius 3 is 2.35 bits per heavy atom. The Labute approximate surface area is 160 Å². The van der Waals surface area contributed by atoms with E-state index in [1.807, 2.05) is 7.05 Å². The Hall–Kier alpha value is -0.0800. The van der Waals surface area contributed by atoms with E-state index in [4.69, 9.17) is 0 Å². The molecule has 0 bridgehead atoms. The first-order valence-electron chi connectivity index (χ1n) is 8.96. The van der Waals surface area contributed by atoms with Crippen LogP contribution in [0.25, 0.3) is 0 Å².